The third-order valence-corrected chi connectivity index (χ3v) is 1.82. The molecule has 0 bridgehead atoms. The fourth-order valence-corrected chi connectivity index (χ4v) is 0.881. The van der Waals surface area contributed by atoms with Gasteiger partial charge in [-0.15, -0.1) is 6.07 Å². The molecule has 0 aliphatic heterocycles. The number of benzene rings is 1. The van der Waals surface area contributed by atoms with Crippen molar-refractivity contribution in [2.24, 2.45) is 0 Å². The van der Waals surface area contributed by atoms with Gasteiger partial charge in [-0.05, 0) is 0 Å². The summed E-state index contributed by atoms with van der Waals surface area (Å²) in [5, 5.41) is 10.4. The van der Waals surface area contributed by atoms with E-state index in [9.17, 15) is 10.1 Å². The Morgan fingerprint density at radius 3 is 2.43 bits per heavy atom. The molecule has 1 aromatic carbocycles. The Labute approximate surface area is 144 Å². The van der Waals surface area contributed by atoms with Crippen molar-refractivity contribution in [3.63, 3.8) is 0 Å². The average Bonchev–Trinajstić information content (AvgIpc) is 2.00. The van der Waals surface area contributed by atoms with Crippen molar-refractivity contribution in [1.82, 2.24) is 0 Å². The van der Waals surface area contributed by atoms with Gasteiger partial charge in [0.05, 0.1) is 0 Å². The number of aryl methyl sites for hydroxylation is 1. The van der Waals surface area contributed by atoms with Crippen molar-refractivity contribution in [3.8, 4) is 0 Å². The molecule has 0 spiro atoms. The van der Waals surface area contributed by atoms with Crippen molar-refractivity contribution in [3.05, 3.63) is 39.1 Å². The van der Waals surface area contributed by atoms with Crippen molar-refractivity contribution in [1.29, 1.82) is 0 Å². The quantitative estimate of drug-likeness (QED) is 0.353. The maximum Gasteiger partial charge on any atom is 0.148 e. The van der Waals surface area contributed by atoms with E-state index in [2.05, 4.69) is 6.07 Å². The summed E-state index contributed by atoms with van der Waals surface area (Å²) in [6, 6.07) is 3.97. The van der Waals surface area contributed by atoms with Crippen LogP contribution in [0.5, 0.6) is 0 Å². The van der Waals surface area contributed by atoms with Crippen molar-refractivity contribution in [2.75, 3.05) is 0 Å². The molecule has 0 aromatic heterocycles. The number of nitrogens with one attached hydrogen (secondary N) is 1. The predicted molar refractivity (Wildman–Crippen MR) is 45.4 cm³/mol. The van der Waals surface area contributed by atoms with Gasteiger partial charge < -0.3 is 5.73 Å². The van der Waals surface area contributed by atoms with Crippen molar-refractivity contribution >= 4 is 11.4 Å². The van der Waals surface area contributed by atoms with Crippen LogP contribution >= 0.6 is 0 Å². The van der Waals surface area contributed by atoms with E-state index in [1.54, 1.807) is 13.8 Å². The number of nitro benzene ring substituents is 1. The minimum atomic E-state index is -0.564. The van der Waals surface area contributed by atoms with E-state index in [-0.39, 0.29) is 88.1 Å². The molecule has 0 heterocycles. The molecule has 1 N–H and O–H groups in total. The molecule has 70 valence electrons. The summed E-state index contributed by atoms with van der Waals surface area (Å²) < 4.78 is 0. The van der Waals surface area contributed by atoms with Crippen LogP contribution in [-0.4, -0.2) is 4.92 Å². The Kier molecular flexibility index (Phi) is 9.02. The zero-order valence-electron chi connectivity index (χ0n) is 8.00. The second-order valence-electron chi connectivity index (χ2n) is 2.56. The molecule has 0 amide bonds. The first kappa shape index (κ1) is 17.4. The second kappa shape index (κ2) is 7.27. The minimum Gasteiger partial charge on any atom is -0.714 e. The van der Waals surface area contributed by atoms with Crippen LogP contribution in [0.1, 0.15) is 11.1 Å². The Hall–Kier alpha value is 0.965. The maximum absolute atomic E-state index is 10.4. The SMILES string of the molecule is Cc1[c-]cc([N+](=O)[O-])c([NH-])c1C.[Ac].[Y]. The van der Waals surface area contributed by atoms with Crippen LogP contribution in [0.3, 0.4) is 0 Å². The van der Waals surface area contributed by atoms with E-state index in [1.807, 2.05) is 0 Å². The molecule has 0 atom stereocenters. The molecule has 1 rings (SSSR count). The van der Waals surface area contributed by atoms with E-state index in [4.69, 9.17) is 5.73 Å². The second-order valence-corrected chi connectivity index (χ2v) is 2.56. The summed E-state index contributed by atoms with van der Waals surface area (Å²) in [6.45, 7) is 3.46. The Bertz CT molecular complexity index is 344. The smallest absolute Gasteiger partial charge is 0.148 e. The molecule has 14 heavy (non-hydrogen) atoms. The monoisotopic (exact) mass is 480 g/mol. The molecule has 0 fully saturated rings. The average molecular weight is 480 g/mol. The molecule has 0 saturated carbocycles. The summed E-state index contributed by atoms with van der Waals surface area (Å²) in [5.74, 6) is 0. The van der Waals surface area contributed by atoms with E-state index < -0.39 is 4.92 Å². The van der Waals surface area contributed by atoms with Crippen LogP contribution < -0.4 is 0 Å². The number of hydrogen-bond acceptors (Lipinski definition) is 2. The van der Waals surface area contributed by atoms with Crippen LogP contribution in [0, 0.1) is 74.1 Å². The topological polar surface area (TPSA) is 66.9 Å². The molecule has 1 aromatic rings. The van der Waals surface area contributed by atoms with Gasteiger partial charge >= 0.3 is 0 Å². The number of rotatable bonds is 1. The zero-order chi connectivity index (χ0) is 9.30. The van der Waals surface area contributed by atoms with Gasteiger partial charge in [-0.2, -0.15) is 22.9 Å². The molecule has 2 radical (unpaired) electrons. The molecule has 0 aliphatic rings. The van der Waals surface area contributed by atoms with Gasteiger partial charge in [-0.3, -0.25) is 10.1 Å². The van der Waals surface area contributed by atoms with Crippen LogP contribution in [0.25, 0.3) is 5.73 Å². The Balaban J connectivity index is 0. The zero-order valence-corrected chi connectivity index (χ0v) is 15.6. The number of nitro groups is 1. The molecule has 4 nitrogen and oxygen atoms in total. The van der Waals surface area contributed by atoms with Crippen molar-refractivity contribution < 1.29 is 81.7 Å². The van der Waals surface area contributed by atoms with Gasteiger partial charge in [0.1, 0.15) is 5.69 Å². The Morgan fingerprint density at radius 1 is 1.50 bits per heavy atom. The van der Waals surface area contributed by atoms with Crippen molar-refractivity contribution in [2.45, 2.75) is 13.8 Å². The number of nitrogens with zero attached hydrogens (tertiary/aromatic N) is 1. The first-order valence-corrected chi connectivity index (χ1v) is 3.42. The standard InChI is InChI=1S/C8H8N2O2.Ac.Y/c1-5-3-4-7(10(11)12)8(9)6(5)2;;/h4,9H,1-2H3;;/q-2;;. The summed E-state index contributed by atoms with van der Waals surface area (Å²) in [4.78, 5) is 9.79. The first-order chi connectivity index (χ1) is 5.54. The van der Waals surface area contributed by atoms with Crippen LogP contribution in [0.15, 0.2) is 6.07 Å². The summed E-state index contributed by atoms with van der Waals surface area (Å²) in [6.07, 6.45) is 0. The third-order valence-electron chi connectivity index (χ3n) is 1.82. The van der Waals surface area contributed by atoms with E-state index in [0.29, 0.717) is 5.56 Å². The van der Waals surface area contributed by atoms with E-state index in [0.717, 1.165) is 5.56 Å². The summed E-state index contributed by atoms with van der Waals surface area (Å²) in [5.41, 5.74) is 8.60. The normalized spacial score (nSPS) is 8.43. The van der Waals surface area contributed by atoms with Crippen LogP contribution in [-0.2, 0) is 32.7 Å². The van der Waals surface area contributed by atoms with Crippen LogP contribution in [0.4, 0.5) is 11.4 Å². The molecular formula is C8H8AcN2O2Y-2. The fraction of sp³-hybridized carbons (Fsp3) is 0.250. The molecule has 0 saturated heterocycles. The molecule has 0 aliphatic carbocycles. The summed E-state index contributed by atoms with van der Waals surface area (Å²) >= 11 is 0. The molecule has 6 heteroatoms. The van der Waals surface area contributed by atoms with Gasteiger partial charge in [0.2, 0.25) is 0 Å². The molecular weight excluding hydrogens is 472 g/mol. The third kappa shape index (κ3) is 3.85. The van der Waals surface area contributed by atoms with E-state index >= 15 is 0 Å². The van der Waals surface area contributed by atoms with Gasteiger partial charge in [0.25, 0.3) is 0 Å². The van der Waals surface area contributed by atoms with Gasteiger partial charge in [0.15, 0.2) is 0 Å². The predicted octanol–water partition coefficient (Wildman–Crippen LogP) is 2.69. The summed E-state index contributed by atoms with van der Waals surface area (Å²) in [7, 11) is 0. The van der Waals surface area contributed by atoms with Gasteiger partial charge in [-0.1, -0.05) is 13.8 Å². The maximum atomic E-state index is 10.4. The largest absolute Gasteiger partial charge is 0.714 e. The van der Waals surface area contributed by atoms with Gasteiger partial charge in [-0.25, -0.2) is 0 Å². The Morgan fingerprint density at radius 2 is 2.00 bits per heavy atom. The number of hydrogen-bond donors (Lipinski definition) is 0. The molecule has 0 unspecified atom stereocenters. The van der Waals surface area contributed by atoms with Crippen LogP contribution in [0.2, 0.25) is 0 Å². The minimum absolute atomic E-state index is 0. The van der Waals surface area contributed by atoms with Gasteiger partial charge in [0, 0.05) is 81.7 Å². The fourth-order valence-electron chi connectivity index (χ4n) is 0.881. The van der Waals surface area contributed by atoms with E-state index in [1.165, 1.54) is 6.07 Å². The first-order valence-electron chi connectivity index (χ1n) is 3.42.